The molecule has 2 rings (SSSR count). The minimum atomic E-state index is -3.62. The van der Waals surface area contributed by atoms with Crippen molar-refractivity contribution in [1.82, 2.24) is 4.90 Å². The van der Waals surface area contributed by atoms with E-state index in [1.54, 1.807) is 11.0 Å². The Morgan fingerprint density at radius 3 is 2.81 bits per heavy atom. The van der Waals surface area contributed by atoms with Gasteiger partial charge in [0.05, 0.1) is 0 Å². The Morgan fingerprint density at radius 1 is 1.56 bits per heavy atom. The molecular formula is C9H12N2O3S2. The molecule has 1 aliphatic rings. The molecule has 0 saturated carbocycles. The molecule has 2 heterocycles. The molecule has 0 fully saturated rings. The fourth-order valence-corrected chi connectivity index (χ4v) is 3.68. The van der Waals surface area contributed by atoms with Gasteiger partial charge in [0.25, 0.3) is 0 Å². The first-order valence-corrected chi connectivity index (χ1v) is 7.14. The number of primary sulfonamides is 1. The average Bonchev–Trinajstić information content (AvgIpc) is 2.58. The fraction of sp³-hybridized carbons (Fsp3) is 0.444. The number of fused-ring (bicyclic) bond motifs is 1. The summed E-state index contributed by atoms with van der Waals surface area (Å²) < 4.78 is 22.5. The van der Waals surface area contributed by atoms with E-state index in [0.29, 0.717) is 19.5 Å². The number of thiophene rings is 1. The molecule has 0 bridgehead atoms. The predicted octanol–water partition coefficient (Wildman–Crippen LogP) is 0.300. The molecule has 1 aromatic rings. The molecule has 0 aromatic carbocycles. The van der Waals surface area contributed by atoms with E-state index in [1.807, 2.05) is 0 Å². The van der Waals surface area contributed by atoms with Crippen LogP contribution in [0.4, 0.5) is 0 Å². The Labute approximate surface area is 97.9 Å². The van der Waals surface area contributed by atoms with Crippen molar-refractivity contribution in [2.24, 2.45) is 5.14 Å². The van der Waals surface area contributed by atoms with Gasteiger partial charge in [0.2, 0.25) is 15.9 Å². The second-order valence-corrected chi connectivity index (χ2v) is 6.67. The number of sulfonamides is 1. The maximum Gasteiger partial charge on any atom is 0.247 e. The van der Waals surface area contributed by atoms with Crippen molar-refractivity contribution in [2.75, 3.05) is 6.54 Å². The summed E-state index contributed by atoms with van der Waals surface area (Å²) in [5, 5.41) is 5.07. The Kier molecular flexibility index (Phi) is 2.77. The van der Waals surface area contributed by atoms with Gasteiger partial charge in [0.15, 0.2) is 0 Å². The summed E-state index contributed by atoms with van der Waals surface area (Å²) in [5.41, 5.74) is 0.899. The standard InChI is InChI=1S/C9H12N2O3S2/c1-6(12)11-3-2-8-7(5-11)4-9(15-8)16(10,13)14/h4H,2-3,5H2,1H3,(H2,10,13,14). The fourth-order valence-electron chi connectivity index (χ4n) is 1.71. The van der Waals surface area contributed by atoms with Gasteiger partial charge in [-0.1, -0.05) is 0 Å². The van der Waals surface area contributed by atoms with Crippen LogP contribution < -0.4 is 5.14 Å². The maximum atomic E-state index is 11.2. The zero-order valence-corrected chi connectivity index (χ0v) is 10.4. The number of carbonyl (C=O) groups excluding carboxylic acids is 1. The number of nitrogens with zero attached hydrogens (tertiary/aromatic N) is 1. The van der Waals surface area contributed by atoms with Crippen LogP contribution in [-0.4, -0.2) is 25.8 Å². The number of hydrogen-bond donors (Lipinski definition) is 1. The van der Waals surface area contributed by atoms with E-state index in [1.165, 1.54) is 18.3 Å². The molecule has 5 nitrogen and oxygen atoms in total. The van der Waals surface area contributed by atoms with E-state index in [0.717, 1.165) is 10.4 Å². The van der Waals surface area contributed by atoms with Gasteiger partial charge in [-0.05, 0) is 18.1 Å². The number of hydrogen-bond acceptors (Lipinski definition) is 4. The molecular weight excluding hydrogens is 248 g/mol. The molecule has 0 saturated heterocycles. The quantitative estimate of drug-likeness (QED) is 0.788. The highest BCUT2D eigenvalue weighted by atomic mass is 32.2. The van der Waals surface area contributed by atoms with E-state index >= 15 is 0 Å². The summed E-state index contributed by atoms with van der Waals surface area (Å²) in [6, 6.07) is 1.57. The average molecular weight is 260 g/mol. The van der Waals surface area contributed by atoms with Crippen LogP contribution in [0.3, 0.4) is 0 Å². The van der Waals surface area contributed by atoms with Crippen LogP contribution >= 0.6 is 11.3 Å². The lowest BCUT2D eigenvalue weighted by molar-refractivity contribution is -0.129. The lowest BCUT2D eigenvalue weighted by atomic mass is 10.1. The van der Waals surface area contributed by atoms with Crippen LogP contribution in [0.5, 0.6) is 0 Å². The van der Waals surface area contributed by atoms with Crippen LogP contribution in [0, 0.1) is 0 Å². The molecule has 1 aromatic heterocycles. The van der Waals surface area contributed by atoms with Gasteiger partial charge in [0.1, 0.15) is 4.21 Å². The van der Waals surface area contributed by atoms with Crippen LogP contribution in [-0.2, 0) is 27.8 Å². The van der Waals surface area contributed by atoms with Crippen molar-refractivity contribution in [3.63, 3.8) is 0 Å². The second-order valence-electron chi connectivity index (χ2n) is 3.75. The first kappa shape index (κ1) is 11.6. The molecule has 0 spiro atoms. The van der Waals surface area contributed by atoms with E-state index in [9.17, 15) is 13.2 Å². The van der Waals surface area contributed by atoms with Gasteiger partial charge in [-0.3, -0.25) is 4.79 Å². The van der Waals surface area contributed by atoms with Crippen molar-refractivity contribution in [1.29, 1.82) is 0 Å². The Bertz CT molecular complexity index is 533. The van der Waals surface area contributed by atoms with E-state index in [4.69, 9.17) is 5.14 Å². The normalized spacial score (nSPS) is 16.0. The van der Waals surface area contributed by atoms with Gasteiger partial charge in [-0.2, -0.15) is 0 Å². The third-order valence-corrected chi connectivity index (χ3v) is 5.23. The molecule has 1 amide bonds. The summed E-state index contributed by atoms with van der Waals surface area (Å²) in [5.74, 6) is 0.00834. The lowest BCUT2D eigenvalue weighted by Crippen LogP contribution is -2.33. The van der Waals surface area contributed by atoms with Gasteiger partial charge < -0.3 is 4.90 Å². The Hall–Kier alpha value is -0.920. The molecule has 0 unspecified atom stereocenters. The number of nitrogens with two attached hydrogens (primary N) is 1. The molecule has 1 aliphatic heterocycles. The van der Waals surface area contributed by atoms with Crippen molar-refractivity contribution < 1.29 is 13.2 Å². The number of carbonyl (C=O) groups is 1. The highest BCUT2D eigenvalue weighted by Crippen LogP contribution is 2.30. The number of amides is 1. The molecule has 2 N–H and O–H groups in total. The zero-order valence-electron chi connectivity index (χ0n) is 8.76. The first-order chi connectivity index (χ1) is 7.38. The van der Waals surface area contributed by atoms with Crippen LogP contribution in [0.2, 0.25) is 0 Å². The van der Waals surface area contributed by atoms with Gasteiger partial charge in [-0.25, -0.2) is 13.6 Å². The highest BCUT2D eigenvalue weighted by molar-refractivity contribution is 7.91. The third kappa shape index (κ3) is 2.11. The first-order valence-electron chi connectivity index (χ1n) is 4.78. The van der Waals surface area contributed by atoms with Crippen molar-refractivity contribution >= 4 is 27.3 Å². The van der Waals surface area contributed by atoms with Crippen LogP contribution in [0.25, 0.3) is 0 Å². The SMILES string of the molecule is CC(=O)N1CCc2sc(S(N)(=O)=O)cc2C1. The van der Waals surface area contributed by atoms with E-state index in [2.05, 4.69) is 0 Å². The molecule has 7 heteroatoms. The highest BCUT2D eigenvalue weighted by Gasteiger charge is 2.23. The zero-order chi connectivity index (χ0) is 11.9. The minimum absolute atomic E-state index is 0.00834. The van der Waals surface area contributed by atoms with Gasteiger partial charge in [-0.15, -0.1) is 11.3 Å². The molecule has 0 radical (unpaired) electrons. The van der Waals surface area contributed by atoms with Crippen LogP contribution in [0.15, 0.2) is 10.3 Å². The summed E-state index contributed by atoms with van der Waals surface area (Å²) in [7, 11) is -3.62. The summed E-state index contributed by atoms with van der Waals surface area (Å²) in [4.78, 5) is 13.9. The van der Waals surface area contributed by atoms with Gasteiger partial charge >= 0.3 is 0 Å². The van der Waals surface area contributed by atoms with E-state index < -0.39 is 10.0 Å². The lowest BCUT2D eigenvalue weighted by Gasteiger charge is -2.25. The minimum Gasteiger partial charge on any atom is -0.338 e. The predicted molar refractivity (Wildman–Crippen MR) is 60.5 cm³/mol. The molecule has 0 aliphatic carbocycles. The molecule has 88 valence electrons. The monoisotopic (exact) mass is 260 g/mol. The molecule has 0 atom stereocenters. The van der Waals surface area contributed by atoms with Crippen molar-refractivity contribution in [3.8, 4) is 0 Å². The summed E-state index contributed by atoms with van der Waals surface area (Å²) in [6.45, 7) is 2.64. The Balaban J connectivity index is 2.34. The van der Waals surface area contributed by atoms with Crippen LogP contribution in [0.1, 0.15) is 17.4 Å². The Morgan fingerprint density at radius 2 is 2.25 bits per heavy atom. The summed E-state index contributed by atoms with van der Waals surface area (Å²) >= 11 is 1.21. The van der Waals surface area contributed by atoms with Crippen molar-refractivity contribution in [2.45, 2.75) is 24.1 Å². The van der Waals surface area contributed by atoms with Gasteiger partial charge in [0, 0.05) is 24.9 Å². The largest absolute Gasteiger partial charge is 0.338 e. The molecule has 16 heavy (non-hydrogen) atoms. The topological polar surface area (TPSA) is 80.5 Å². The van der Waals surface area contributed by atoms with E-state index in [-0.39, 0.29) is 10.1 Å². The second kappa shape index (κ2) is 3.83. The maximum absolute atomic E-state index is 11.2. The third-order valence-electron chi connectivity index (χ3n) is 2.57. The number of rotatable bonds is 1. The smallest absolute Gasteiger partial charge is 0.247 e. The van der Waals surface area contributed by atoms with Crippen molar-refractivity contribution in [3.05, 3.63) is 16.5 Å². The summed E-state index contributed by atoms with van der Waals surface area (Å²) in [6.07, 6.45) is 0.703.